The Labute approximate surface area is 151 Å². The largest absolute Gasteiger partial charge is 0.393 e. The van der Waals surface area contributed by atoms with Crippen LogP contribution in [0.15, 0.2) is 42.5 Å². The summed E-state index contributed by atoms with van der Waals surface area (Å²) in [4.78, 5) is 0. The zero-order valence-corrected chi connectivity index (χ0v) is 14.4. The Morgan fingerprint density at radius 1 is 1.04 bits per heavy atom. The van der Waals surface area contributed by atoms with E-state index >= 15 is 0 Å². The molecule has 2 aromatic carbocycles. The number of hydrogen-bond acceptors (Lipinski definition) is 7. The van der Waals surface area contributed by atoms with Crippen LogP contribution in [0.5, 0.6) is 0 Å². The van der Waals surface area contributed by atoms with Crippen LogP contribution in [0.1, 0.15) is 18.9 Å². The molecule has 1 saturated heterocycles. The summed E-state index contributed by atoms with van der Waals surface area (Å²) in [6, 6.07) is 12.2. The first-order chi connectivity index (χ1) is 12.4. The van der Waals surface area contributed by atoms with Crippen LogP contribution in [0, 0.1) is 0 Å². The predicted molar refractivity (Wildman–Crippen MR) is 93.0 cm³/mol. The second kappa shape index (κ2) is 7.21. The summed E-state index contributed by atoms with van der Waals surface area (Å²) in [5.74, 6) is -4.68. The summed E-state index contributed by atoms with van der Waals surface area (Å²) in [5, 5.41) is 54.0. The van der Waals surface area contributed by atoms with Crippen LogP contribution in [0.3, 0.4) is 0 Å². The van der Waals surface area contributed by atoms with Gasteiger partial charge in [-0.2, -0.15) is 0 Å². The van der Waals surface area contributed by atoms with Crippen LogP contribution < -0.4 is 0 Å². The van der Waals surface area contributed by atoms with Gasteiger partial charge in [0.05, 0.1) is 6.61 Å². The Bertz CT molecular complexity index is 757. The van der Waals surface area contributed by atoms with E-state index in [4.69, 9.17) is 9.47 Å². The molecule has 26 heavy (non-hydrogen) atoms. The maximum Gasteiger partial charge on any atom is 0.224 e. The molecule has 1 aliphatic heterocycles. The van der Waals surface area contributed by atoms with Gasteiger partial charge in [0, 0.05) is 12.2 Å². The molecule has 0 bridgehead atoms. The molecule has 0 unspecified atom stereocenters. The molecule has 0 spiro atoms. The van der Waals surface area contributed by atoms with Gasteiger partial charge in [0.1, 0.15) is 18.3 Å². The fourth-order valence-corrected chi connectivity index (χ4v) is 3.37. The normalized spacial score (nSPS) is 34.9. The van der Waals surface area contributed by atoms with E-state index in [0.29, 0.717) is 11.8 Å². The number of aliphatic hydroxyl groups excluding tert-OH is 3. The van der Waals surface area contributed by atoms with Gasteiger partial charge in [0.15, 0.2) is 0 Å². The van der Waals surface area contributed by atoms with Gasteiger partial charge in [-0.15, -0.1) is 0 Å². The number of ether oxygens (including phenoxy) is 2. The van der Waals surface area contributed by atoms with Gasteiger partial charge in [-0.3, -0.25) is 0 Å². The third kappa shape index (κ3) is 2.91. The zero-order chi connectivity index (χ0) is 18.9. The summed E-state index contributed by atoms with van der Waals surface area (Å²) in [6.45, 7) is 1.15. The molecular formula is C19H24O7. The van der Waals surface area contributed by atoms with Gasteiger partial charge in [-0.25, -0.2) is 0 Å². The summed E-state index contributed by atoms with van der Waals surface area (Å²) < 4.78 is 10.8. The van der Waals surface area contributed by atoms with Crippen molar-refractivity contribution in [2.75, 3.05) is 13.2 Å². The lowest BCUT2D eigenvalue weighted by molar-refractivity contribution is -0.431. The highest BCUT2D eigenvalue weighted by molar-refractivity contribution is 5.86. The molecule has 5 N–H and O–H groups in total. The Kier molecular flexibility index (Phi) is 5.32. The van der Waals surface area contributed by atoms with Crippen molar-refractivity contribution in [3.05, 3.63) is 48.0 Å². The quantitative estimate of drug-likeness (QED) is 0.481. The van der Waals surface area contributed by atoms with Crippen molar-refractivity contribution < 1.29 is 35.0 Å². The third-order valence-corrected chi connectivity index (χ3v) is 4.79. The van der Waals surface area contributed by atoms with E-state index in [1.165, 1.54) is 0 Å². The molecule has 1 heterocycles. The van der Waals surface area contributed by atoms with Crippen molar-refractivity contribution in [3.8, 4) is 0 Å². The van der Waals surface area contributed by atoms with Crippen LogP contribution in [-0.2, 0) is 15.3 Å². The topological polar surface area (TPSA) is 120 Å². The van der Waals surface area contributed by atoms with Gasteiger partial charge in [0.25, 0.3) is 0 Å². The molecule has 0 amide bonds. The lowest BCUT2D eigenvalue weighted by Gasteiger charge is -2.51. The standard InChI is InChI=1S/C19H24O7/c1-2-10-25-19(24)15(11-20)26-18(23,16(21)17(19)22)14-9-5-7-12-6-3-4-8-13(12)14/h3-9,15-17,20-24H,2,10-11H2,1H3/t15-,16-,17-,18+,19-/m1/s1. The highest BCUT2D eigenvalue weighted by Gasteiger charge is 2.62. The smallest absolute Gasteiger partial charge is 0.224 e. The van der Waals surface area contributed by atoms with Crippen LogP contribution in [0.25, 0.3) is 10.8 Å². The van der Waals surface area contributed by atoms with Crippen molar-refractivity contribution in [2.24, 2.45) is 0 Å². The van der Waals surface area contributed by atoms with Crippen LogP contribution >= 0.6 is 0 Å². The highest BCUT2D eigenvalue weighted by atomic mass is 16.7. The van der Waals surface area contributed by atoms with Crippen LogP contribution in [0.4, 0.5) is 0 Å². The molecule has 142 valence electrons. The Morgan fingerprint density at radius 3 is 2.42 bits per heavy atom. The van der Waals surface area contributed by atoms with Gasteiger partial charge >= 0.3 is 0 Å². The molecular weight excluding hydrogens is 340 g/mol. The first kappa shape index (κ1) is 19.2. The van der Waals surface area contributed by atoms with Gasteiger partial charge in [0.2, 0.25) is 11.6 Å². The number of aliphatic hydroxyl groups is 5. The fourth-order valence-electron chi connectivity index (χ4n) is 3.37. The first-order valence-electron chi connectivity index (χ1n) is 8.60. The van der Waals surface area contributed by atoms with E-state index in [2.05, 4.69) is 0 Å². The predicted octanol–water partition coefficient (Wildman–Crippen LogP) is 0.213. The minimum atomic E-state index is -2.35. The summed E-state index contributed by atoms with van der Waals surface area (Å²) in [6.07, 6.45) is -4.73. The Hall–Kier alpha value is -1.58. The van der Waals surface area contributed by atoms with Crippen molar-refractivity contribution in [2.45, 2.75) is 43.2 Å². The minimum absolute atomic E-state index is 0.0762. The molecule has 1 aliphatic rings. The van der Waals surface area contributed by atoms with Crippen LogP contribution in [0.2, 0.25) is 0 Å². The van der Waals surface area contributed by atoms with Gasteiger partial charge in [-0.1, -0.05) is 49.4 Å². The minimum Gasteiger partial charge on any atom is -0.393 e. The number of hydrogen-bond donors (Lipinski definition) is 5. The Balaban J connectivity index is 2.07. The number of fused-ring (bicyclic) bond motifs is 1. The van der Waals surface area contributed by atoms with E-state index in [-0.39, 0.29) is 12.2 Å². The molecule has 7 heteroatoms. The monoisotopic (exact) mass is 364 g/mol. The van der Waals surface area contributed by atoms with Crippen molar-refractivity contribution >= 4 is 10.8 Å². The van der Waals surface area contributed by atoms with Gasteiger partial charge in [-0.05, 0) is 17.2 Å². The molecule has 3 rings (SSSR count). The molecule has 0 aromatic heterocycles. The highest BCUT2D eigenvalue weighted by Crippen LogP contribution is 2.43. The second-order valence-electron chi connectivity index (χ2n) is 6.50. The van der Waals surface area contributed by atoms with E-state index in [1.54, 1.807) is 31.2 Å². The molecule has 1 fully saturated rings. The first-order valence-corrected chi connectivity index (χ1v) is 8.60. The van der Waals surface area contributed by atoms with Crippen molar-refractivity contribution in [1.29, 1.82) is 0 Å². The maximum absolute atomic E-state index is 11.1. The summed E-state index contributed by atoms with van der Waals surface area (Å²) in [7, 11) is 0. The number of rotatable bonds is 5. The molecule has 0 radical (unpaired) electrons. The molecule has 2 aromatic rings. The van der Waals surface area contributed by atoms with Crippen molar-refractivity contribution in [1.82, 2.24) is 0 Å². The molecule has 5 atom stereocenters. The maximum atomic E-state index is 11.1. The molecule has 7 nitrogen and oxygen atoms in total. The summed E-state index contributed by atoms with van der Waals surface area (Å²) in [5.41, 5.74) is 0.221. The van der Waals surface area contributed by atoms with E-state index in [9.17, 15) is 25.5 Å². The molecule has 0 saturated carbocycles. The third-order valence-electron chi connectivity index (χ3n) is 4.79. The van der Waals surface area contributed by atoms with Crippen molar-refractivity contribution in [3.63, 3.8) is 0 Å². The van der Waals surface area contributed by atoms with E-state index < -0.39 is 36.5 Å². The SMILES string of the molecule is CCCO[C@@]1(O)[C@H](O)[C@@H](O)[C@](O)(c2cccc3ccccc23)O[C@@H]1CO. The van der Waals surface area contributed by atoms with Crippen LogP contribution in [-0.4, -0.2) is 62.8 Å². The fraction of sp³-hybridized carbons (Fsp3) is 0.474. The lowest BCUT2D eigenvalue weighted by atomic mass is 9.84. The van der Waals surface area contributed by atoms with Gasteiger partial charge < -0.3 is 35.0 Å². The average Bonchev–Trinajstić information content (AvgIpc) is 2.67. The second-order valence-corrected chi connectivity index (χ2v) is 6.50. The molecule has 0 aliphatic carbocycles. The van der Waals surface area contributed by atoms with E-state index in [1.807, 2.05) is 18.2 Å². The Morgan fingerprint density at radius 2 is 1.73 bits per heavy atom. The lowest BCUT2D eigenvalue weighted by Crippen LogP contribution is -2.71. The zero-order valence-electron chi connectivity index (χ0n) is 14.4. The average molecular weight is 364 g/mol. The summed E-state index contributed by atoms with van der Waals surface area (Å²) >= 11 is 0. The van der Waals surface area contributed by atoms with E-state index in [0.717, 1.165) is 5.39 Å². The number of benzene rings is 2.